The SMILES string of the molecule is COC(=O)c1c(-c2ccco2)csc1NC(=O)CSc1cc(C)c2ccccc2[nH+]1. The van der Waals surface area contributed by atoms with Gasteiger partial charge in [0.05, 0.1) is 19.1 Å². The zero-order valence-corrected chi connectivity index (χ0v) is 18.0. The molecule has 0 saturated carbocycles. The highest BCUT2D eigenvalue weighted by molar-refractivity contribution is 7.99. The third kappa shape index (κ3) is 4.10. The number of pyridine rings is 1. The largest absolute Gasteiger partial charge is 0.465 e. The number of thiophene rings is 1. The van der Waals surface area contributed by atoms with Gasteiger partial charge in [-0.1, -0.05) is 12.1 Å². The Bertz CT molecular complexity index is 1220. The molecule has 0 unspecified atom stereocenters. The molecule has 4 aromatic rings. The number of furan rings is 1. The van der Waals surface area contributed by atoms with Gasteiger partial charge < -0.3 is 14.5 Å². The van der Waals surface area contributed by atoms with Crippen LogP contribution < -0.4 is 10.3 Å². The van der Waals surface area contributed by atoms with Crippen LogP contribution in [0.1, 0.15) is 15.9 Å². The standard InChI is InChI=1S/C22H18N2O4S2/c1-13-10-19(23-16-7-4-3-6-14(13)16)29-12-18(25)24-21-20(22(26)27-2)15(11-30-21)17-8-5-9-28-17/h3-11H,12H2,1-2H3,(H,24,25)/p+1. The number of fused-ring (bicyclic) bond motifs is 1. The number of ether oxygens (including phenoxy) is 1. The van der Waals surface area contributed by atoms with Gasteiger partial charge in [-0.15, -0.1) is 11.3 Å². The predicted molar refractivity (Wildman–Crippen MR) is 118 cm³/mol. The molecule has 152 valence electrons. The van der Waals surface area contributed by atoms with E-state index in [-0.39, 0.29) is 11.7 Å². The van der Waals surface area contributed by atoms with Crippen LogP contribution >= 0.6 is 23.1 Å². The zero-order valence-electron chi connectivity index (χ0n) is 16.4. The molecule has 0 fully saturated rings. The number of hydrogen-bond donors (Lipinski definition) is 1. The average Bonchev–Trinajstić information content (AvgIpc) is 3.41. The molecule has 0 atom stereocenters. The Morgan fingerprint density at radius 1 is 1.23 bits per heavy atom. The molecule has 0 aliphatic carbocycles. The van der Waals surface area contributed by atoms with Crippen LogP contribution in [0.4, 0.5) is 5.00 Å². The summed E-state index contributed by atoms with van der Waals surface area (Å²) in [5, 5.41) is 7.10. The van der Waals surface area contributed by atoms with E-state index in [2.05, 4.69) is 16.4 Å². The smallest absolute Gasteiger partial charge is 0.341 e. The van der Waals surface area contributed by atoms with E-state index in [4.69, 9.17) is 9.15 Å². The summed E-state index contributed by atoms with van der Waals surface area (Å²) in [4.78, 5) is 28.2. The van der Waals surface area contributed by atoms with E-state index in [1.807, 2.05) is 31.2 Å². The number of methoxy groups -OCH3 is 1. The molecule has 30 heavy (non-hydrogen) atoms. The van der Waals surface area contributed by atoms with Gasteiger partial charge in [-0.2, -0.15) is 4.98 Å². The van der Waals surface area contributed by atoms with Gasteiger partial charge in [0.2, 0.25) is 16.4 Å². The predicted octanol–water partition coefficient (Wildman–Crippen LogP) is 4.80. The van der Waals surface area contributed by atoms with Gasteiger partial charge in [-0.25, -0.2) is 4.79 Å². The van der Waals surface area contributed by atoms with E-state index in [9.17, 15) is 9.59 Å². The van der Waals surface area contributed by atoms with Crippen molar-refractivity contribution in [3.63, 3.8) is 0 Å². The van der Waals surface area contributed by atoms with Gasteiger partial charge in [-0.3, -0.25) is 4.79 Å². The normalized spacial score (nSPS) is 10.9. The van der Waals surface area contributed by atoms with Crippen LogP contribution in [0.3, 0.4) is 0 Å². The lowest BCUT2D eigenvalue weighted by molar-refractivity contribution is -0.395. The molecular formula is C22H19N2O4S2+. The zero-order chi connectivity index (χ0) is 21.1. The van der Waals surface area contributed by atoms with Crippen molar-refractivity contribution in [2.75, 3.05) is 18.2 Å². The molecule has 6 nitrogen and oxygen atoms in total. The second kappa shape index (κ2) is 8.73. The number of esters is 1. The van der Waals surface area contributed by atoms with Crippen molar-refractivity contribution in [1.29, 1.82) is 0 Å². The highest BCUT2D eigenvalue weighted by Gasteiger charge is 2.24. The van der Waals surface area contributed by atoms with Crippen LogP contribution in [0.5, 0.6) is 0 Å². The first kappa shape index (κ1) is 20.2. The Kier molecular flexibility index (Phi) is 5.87. The first-order chi connectivity index (χ1) is 14.6. The third-order valence-corrected chi connectivity index (χ3v) is 6.37. The van der Waals surface area contributed by atoms with Crippen molar-refractivity contribution in [2.24, 2.45) is 0 Å². The highest BCUT2D eigenvalue weighted by atomic mass is 32.2. The molecule has 1 aromatic carbocycles. The maximum absolute atomic E-state index is 12.6. The Morgan fingerprint density at radius 2 is 2.07 bits per heavy atom. The first-order valence-electron chi connectivity index (χ1n) is 9.15. The number of aryl methyl sites for hydroxylation is 1. The molecular weight excluding hydrogens is 420 g/mol. The number of aromatic nitrogens is 1. The molecule has 0 bridgehead atoms. The molecule has 0 spiro atoms. The van der Waals surface area contributed by atoms with E-state index < -0.39 is 5.97 Å². The third-order valence-electron chi connectivity index (χ3n) is 4.54. The van der Waals surface area contributed by atoms with Crippen molar-refractivity contribution in [1.82, 2.24) is 0 Å². The van der Waals surface area contributed by atoms with Crippen LogP contribution in [0, 0.1) is 6.92 Å². The quantitative estimate of drug-likeness (QED) is 0.345. The van der Waals surface area contributed by atoms with Crippen LogP contribution in [-0.2, 0) is 9.53 Å². The molecule has 8 heteroatoms. The number of hydrogen-bond acceptors (Lipinski definition) is 6. The number of amides is 1. The van der Waals surface area contributed by atoms with Crippen LogP contribution in [-0.4, -0.2) is 24.7 Å². The second-order valence-corrected chi connectivity index (χ2v) is 8.42. The number of anilines is 1. The van der Waals surface area contributed by atoms with E-state index in [1.165, 1.54) is 36.5 Å². The minimum atomic E-state index is -0.524. The van der Waals surface area contributed by atoms with Gasteiger partial charge in [0, 0.05) is 28.5 Å². The van der Waals surface area contributed by atoms with Crippen LogP contribution in [0.25, 0.3) is 22.2 Å². The minimum absolute atomic E-state index is 0.197. The number of H-pyrrole nitrogens is 1. The Morgan fingerprint density at radius 3 is 2.83 bits per heavy atom. The number of rotatable bonds is 6. The summed E-state index contributed by atoms with van der Waals surface area (Å²) < 4.78 is 10.3. The molecule has 0 saturated heterocycles. The van der Waals surface area contributed by atoms with E-state index in [0.29, 0.717) is 21.9 Å². The summed E-state index contributed by atoms with van der Waals surface area (Å²) in [6.07, 6.45) is 1.53. The van der Waals surface area contributed by atoms with Crippen molar-refractivity contribution in [2.45, 2.75) is 11.9 Å². The molecule has 0 aliphatic rings. The maximum Gasteiger partial charge on any atom is 0.341 e. The summed E-state index contributed by atoms with van der Waals surface area (Å²) >= 11 is 2.67. The van der Waals surface area contributed by atoms with Crippen molar-refractivity contribution in [3.8, 4) is 11.3 Å². The lowest BCUT2D eigenvalue weighted by Crippen LogP contribution is -2.17. The van der Waals surface area contributed by atoms with E-state index in [0.717, 1.165) is 21.5 Å². The monoisotopic (exact) mass is 439 g/mol. The Balaban J connectivity index is 1.50. The van der Waals surface area contributed by atoms with Gasteiger partial charge in [0.1, 0.15) is 16.3 Å². The number of thioether (sulfide) groups is 1. The molecule has 2 N–H and O–H groups in total. The average molecular weight is 440 g/mol. The van der Waals surface area contributed by atoms with Crippen molar-refractivity contribution in [3.05, 3.63) is 65.2 Å². The Hall–Kier alpha value is -3.10. The van der Waals surface area contributed by atoms with Gasteiger partial charge in [0.25, 0.3) is 0 Å². The fourth-order valence-corrected chi connectivity index (χ4v) is 4.89. The first-order valence-corrected chi connectivity index (χ1v) is 11.0. The summed E-state index contributed by atoms with van der Waals surface area (Å²) in [5.41, 5.74) is 3.05. The molecule has 3 aromatic heterocycles. The number of nitrogens with one attached hydrogen (secondary N) is 2. The fourth-order valence-electron chi connectivity index (χ4n) is 3.13. The molecule has 3 heterocycles. The van der Waals surface area contributed by atoms with E-state index >= 15 is 0 Å². The van der Waals surface area contributed by atoms with Gasteiger partial charge in [-0.05, 0) is 42.4 Å². The van der Waals surface area contributed by atoms with Crippen LogP contribution in [0.15, 0.2) is 63.6 Å². The van der Waals surface area contributed by atoms with E-state index in [1.54, 1.807) is 17.5 Å². The number of benzene rings is 1. The lowest BCUT2D eigenvalue weighted by Gasteiger charge is -2.06. The van der Waals surface area contributed by atoms with Gasteiger partial charge >= 0.3 is 5.97 Å². The number of carbonyl (C=O) groups excluding carboxylic acids is 2. The Labute approximate surface area is 181 Å². The second-order valence-electron chi connectivity index (χ2n) is 6.52. The lowest BCUT2D eigenvalue weighted by atomic mass is 10.1. The number of para-hydroxylation sites is 1. The fraction of sp³-hybridized carbons (Fsp3) is 0.136. The summed E-state index contributed by atoms with van der Waals surface area (Å²) in [6, 6.07) is 13.6. The number of carbonyl (C=O) groups is 2. The minimum Gasteiger partial charge on any atom is -0.465 e. The van der Waals surface area contributed by atoms with Crippen molar-refractivity contribution < 1.29 is 23.7 Å². The molecule has 4 rings (SSSR count). The topological polar surface area (TPSA) is 82.7 Å². The van der Waals surface area contributed by atoms with Crippen LogP contribution in [0.2, 0.25) is 0 Å². The highest BCUT2D eigenvalue weighted by Crippen LogP contribution is 2.36. The number of aromatic amines is 1. The summed E-state index contributed by atoms with van der Waals surface area (Å²) in [7, 11) is 1.31. The summed E-state index contributed by atoms with van der Waals surface area (Å²) in [6.45, 7) is 2.05. The van der Waals surface area contributed by atoms with Gasteiger partial charge in [0.15, 0.2) is 0 Å². The molecule has 0 radical (unpaired) electrons. The summed E-state index contributed by atoms with van der Waals surface area (Å²) in [5.74, 6) is 0.00662. The van der Waals surface area contributed by atoms with Crippen molar-refractivity contribution >= 4 is 50.9 Å². The molecule has 0 aliphatic heterocycles. The molecule has 1 amide bonds. The maximum atomic E-state index is 12.6.